The number of likely N-dealkylation sites (tertiary alicyclic amines) is 1. The van der Waals surface area contributed by atoms with Crippen molar-refractivity contribution in [3.63, 3.8) is 0 Å². The lowest BCUT2D eigenvalue weighted by Gasteiger charge is -2.33. The molecule has 0 bridgehead atoms. The Morgan fingerprint density at radius 3 is 1.94 bits per heavy atom. The van der Waals surface area contributed by atoms with Gasteiger partial charge < -0.3 is 5.11 Å². The fourth-order valence-electron chi connectivity index (χ4n) is 2.50. The van der Waals surface area contributed by atoms with Crippen LogP contribution >= 0.6 is 0 Å². The fraction of sp³-hybridized carbons (Fsp3) is 0.750. The second kappa shape index (κ2) is 3.55. The highest BCUT2D eigenvalue weighted by atomic mass is 16.4. The van der Waals surface area contributed by atoms with E-state index in [1.165, 1.54) is 6.92 Å². The molecule has 1 aliphatic carbocycles. The molecule has 17 heavy (non-hydrogen) atoms. The molecule has 0 radical (unpaired) electrons. The van der Waals surface area contributed by atoms with E-state index in [9.17, 15) is 19.5 Å². The zero-order valence-corrected chi connectivity index (χ0v) is 10.3. The number of carbonyl (C=O) groups excluding carboxylic acids is 2. The van der Waals surface area contributed by atoms with E-state index in [0.29, 0.717) is 0 Å². The standard InChI is InChI=1S/C12H17NO4/c1-6-7(2)10(15)13(9(6)14)12(3,11(16)17)8-4-5-8/h6-8H,4-5H2,1-3H3,(H,16,17). The van der Waals surface area contributed by atoms with Gasteiger partial charge in [0.25, 0.3) is 0 Å². The van der Waals surface area contributed by atoms with Gasteiger partial charge in [-0.1, -0.05) is 13.8 Å². The van der Waals surface area contributed by atoms with Crippen LogP contribution in [0.4, 0.5) is 0 Å². The van der Waals surface area contributed by atoms with Crippen LogP contribution in [-0.2, 0) is 14.4 Å². The highest BCUT2D eigenvalue weighted by Gasteiger charge is 2.59. The van der Waals surface area contributed by atoms with Crippen molar-refractivity contribution >= 4 is 17.8 Å². The molecular formula is C12H17NO4. The van der Waals surface area contributed by atoms with Crippen LogP contribution in [0.3, 0.4) is 0 Å². The number of rotatable bonds is 3. The molecule has 1 aliphatic heterocycles. The van der Waals surface area contributed by atoms with Crippen LogP contribution in [0.2, 0.25) is 0 Å². The quantitative estimate of drug-likeness (QED) is 0.742. The Labute approximate surface area is 99.8 Å². The summed E-state index contributed by atoms with van der Waals surface area (Å²) in [6.07, 6.45) is 1.53. The Morgan fingerprint density at radius 1 is 1.24 bits per heavy atom. The van der Waals surface area contributed by atoms with Crippen LogP contribution in [0, 0.1) is 17.8 Å². The molecule has 0 aromatic rings. The minimum absolute atomic E-state index is 0.0922. The molecule has 2 aliphatic rings. The first-order chi connectivity index (χ1) is 7.81. The molecule has 0 aromatic carbocycles. The third-order valence-corrected chi connectivity index (χ3v) is 4.24. The molecule has 1 N–H and O–H groups in total. The molecule has 0 spiro atoms. The molecule has 2 rings (SSSR count). The van der Waals surface area contributed by atoms with Crippen LogP contribution in [0.15, 0.2) is 0 Å². The van der Waals surface area contributed by atoms with Crippen LogP contribution < -0.4 is 0 Å². The van der Waals surface area contributed by atoms with Crippen molar-refractivity contribution in [2.24, 2.45) is 17.8 Å². The second-order valence-electron chi connectivity index (χ2n) is 5.32. The van der Waals surface area contributed by atoms with Crippen molar-refractivity contribution in [1.82, 2.24) is 4.90 Å². The molecule has 2 fully saturated rings. The van der Waals surface area contributed by atoms with Crippen molar-refractivity contribution in [3.8, 4) is 0 Å². The van der Waals surface area contributed by atoms with Crippen LogP contribution in [0.25, 0.3) is 0 Å². The summed E-state index contributed by atoms with van der Waals surface area (Å²) in [6, 6.07) is 0. The maximum absolute atomic E-state index is 12.1. The van der Waals surface area contributed by atoms with Gasteiger partial charge in [0.1, 0.15) is 5.54 Å². The topological polar surface area (TPSA) is 74.7 Å². The third kappa shape index (κ3) is 1.48. The van der Waals surface area contributed by atoms with E-state index in [4.69, 9.17) is 0 Å². The predicted octanol–water partition coefficient (Wildman–Crippen LogP) is 0.881. The highest BCUT2D eigenvalue weighted by molar-refractivity contribution is 6.08. The van der Waals surface area contributed by atoms with Crippen molar-refractivity contribution in [2.45, 2.75) is 39.2 Å². The number of amides is 2. The number of carboxylic acid groups (broad SMARTS) is 1. The molecule has 0 aromatic heterocycles. The molecule has 94 valence electrons. The lowest BCUT2D eigenvalue weighted by atomic mass is 9.93. The highest BCUT2D eigenvalue weighted by Crippen LogP contribution is 2.46. The summed E-state index contributed by atoms with van der Waals surface area (Å²) < 4.78 is 0. The Morgan fingerprint density at radius 2 is 1.65 bits per heavy atom. The van der Waals surface area contributed by atoms with E-state index >= 15 is 0 Å². The van der Waals surface area contributed by atoms with E-state index < -0.39 is 23.3 Å². The van der Waals surface area contributed by atoms with E-state index in [-0.39, 0.29) is 17.7 Å². The summed E-state index contributed by atoms with van der Waals surface area (Å²) in [7, 11) is 0. The van der Waals surface area contributed by atoms with Crippen molar-refractivity contribution in [1.29, 1.82) is 0 Å². The van der Waals surface area contributed by atoms with Gasteiger partial charge in [0, 0.05) is 11.8 Å². The van der Waals surface area contributed by atoms with Gasteiger partial charge in [-0.3, -0.25) is 14.5 Å². The molecule has 5 nitrogen and oxygen atoms in total. The second-order valence-corrected chi connectivity index (χ2v) is 5.32. The lowest BCUT2D eigenvalue weighted by molar-refractivity contribution is -0.164. The van der Waals surface area contributed by atoms with Gasteiger partial charge >= 0.3 is 5.97 Å². The first-order valence-corrected chi connectivity index (χ1v) is 5.93. The summed E-state index contributed by atoms with van der Waals surface area (Å²) in [5.41, 5.74) is -1.35. The monoisotopic (exact) mass is 239 g/mol. The smallest absolute Gasteiger partial charge is 0.330 e. The van der Waals surface area contributed by atoms with Gasteiger partial charge in [0.05, 0.1) is 0 Å². The molecule has 1 heterocycles. The number of imide groups is 1. The summed E-state index contributed by atoms with van der Waals surface area (Å²) in [6.45, 7) is 4.85. The number of nitrogens with zero attached hydrogens (tertiary/aromatic N) is 1. The maximum atomic E-state index is 12.1. The Bertz CT molecular complexity index is 381. The largest absolute Gasteiger partial charge is 0.479 e. The van der Waals surface area contributed by atoms with Gasteiger partial charge in [-0.2, -0.15) is 0 Å². The fourth-order valence-corrected chi connectivity index (χ4v) is 2.50. The zero-order chi connectivity index (χ0) is 13.0. The normalized spacial score (nSPS) is 32.8. The Kier molecular flexibility index (Phi) is 2.52. The van der Waals surface area contributed by atoms with E-state index in [1.807, 2.05) is 0 Å². The SMILES string of the molecule is CC1C(=O)N(C(C)(C(=O)O)C2CC2)C(=O)C1C. The molecule has 2 amide bonds. The molecule has 3 atom stereocenters. The maximum Gasteiger partial charge on any atom is 0.330 e. The third-order valence-electron chi connectivity index (χ3n) is 4.24. The molecule has 1 saturated carbocycles. The first kappa shape index (κ1) is 12.1. The summed E-state index contributed by atoms with van der Waals surface area (Å²) in [4.78, 5) is 36.6. The number of aliphatic carboxylic acids is 1. The summed E-state index contributed by atoms with van der Waals surface area (Å²) in [5.74, 6) is -2.70. The minimum atomic E-state index is -1.35. The summed E-state index contributed by atoms with van der Waals surface area (Å²) >= 11 is 0. The van der Waals surface area contributed by atoms with Gasteiger partial charge in [-0.15, -0.1) is 0 Å². The molecule has 5 heteroatoms. The van der Waals surface area contributed by atoms with E-state index in [2.05, 4.69) is 0 Å². The molecule has 1 saturated heterocycles. The van der Waals surface area contributed by atoms with Crippen LogP contribution in [0.5, 0.6) is 0 Å². The Balaban J connectivity index is 2.41. The first-order valence-electron chi connectivity index (χ1n) is 5.93. The lowest BCUT2D eigenvalue weighted by Crippen LogP contribution is -2.57. The predicted molar refractivity (Wildman–Crippen MR) is 58.9 cm³/mol. The Hall–Kier alpha value is -1.39. The van der Waals surface area contributed by atoms with Gasteiger partial charge in [0.2, 0.25) is 11.8 Å². The number of hydrogen-bond acceptors (Lipinski definition) is 3. The van der Waals surface area contributed by atoms with Crippen LogP contribution in [0.1, 0.15) is 33.6 Å². The number of carboxylic acids is 1. The van der Waals surface area contributed by atoms with Crippen LogP contribution in [-0.4, -0.2) is 33.3 Å². The average Bonchev–Trinajstić information content (AvgIpc) is 3.07. The zero-order valence-electron chi connectivity index (χ0n) is 10.3. The van der Waals surface area contributed by atoms with Crippen molar-refractivity contribution in [3.05, 3.63) is 0 Å². The van der Waals surface area contributed by atoms with E-state index in [1.54, 1.807) is 13.8 Å². The average molecular weight is 239 g/mol. The van der Waals surface area contributed by atoms with Gasteiger partial charge in [-0.05, 0) is 25.7 Å². The molecule has 3 unspecified atom stereocenters. The summed E-state index contributed by atoms with van der Waals surface area (Å²) in [5, 5.41) is 9.37. The van der Waals surface area contributed by atoms with Gasteiger partial charge in [0.15, 0.2) is 0 Å². The molecular weight excluding hydrogens is 222 g/mol. The van der Waals surface area contributed by atoms with Crippen molar-refractivity contribution < 1.29 is 19.5 Å². The van der Waals surface area contributed by atoms with Gasteiger partial charge in [-0.25, -0.2) is 4.79 Å². The minimum Gasteiger partial charge on any atom is -0.479 e. The number of hydrogen-bond donors (Lipinski definition) is 1. The number of carbonyl (C=O) groups is 3. The van der Waals surface area contributed by atoms with E-state index in [0.717, 1.165) is 17.7 Å². The van der Waals surface area contributed by atoms with Crippen molar-refractivity contribution in [2.75, 3.05) is 0 Å².